The van der Waals surface area contributed by atoms with Crippen molar-refractivity contribution in [3.8, 4) is 0 Å². The van der Waals surface area contributed by atoms with Crippen molar-refractivity contribution in [3.05, 3.63) is 59.9 Å². The molecular weight excluding hydrogens is 345 g/mol. The van der Waals surface area contributed by atoms with E-state index in [0.29, 0.717) is 16.9 Å². The Kier molecular flexibility index (Phi) is 5.56. The minimum atomic E-state index is -0.519. The van der Waals surface area contributed by atoms with Crippen molar-refractivity contribution in [1.82, 2.24) is 0 Å². The van der Waals surface area contributed by atoms with Crippen molar-refractivity contribution < 1.29 is 14.0 Å². The Hall–Kier alpha value is -2.73. The Balaban J connectivity index is 1.69. The molecule has 0 saturated heterocycles. The number of benzene rings is 2. The summed E-state index contributed by atoms with van der Waals surface area (Å²) in [6.07, 6.45) is 3.60. The van der Waals surface area contributed by atoms with Gasteiger partial charge in [0.2, 0.25) is 5.91 Å². The topological polar surface area (TPSA) is 84.2 Å². The third-order valence-corrected chi connectivity index (χ3v) is 5.05. The molecule has 0 heterocycles. The van der Waals surface area contributed by atoms with Crippen LogP contribution >= 0.6 is 0 Å². The Morgan fingerprint density at radius 3 is 2.48 bits per heavy atom. The molecule has 2 atom stereocenters. The highest BCUT2D eigenvalue weighted by atomic mass is 19.1. The van der Waals surface area contributed by atoms with Gasteiger partial charge in [0.25, 0.3) is 5.91 Å². The van der Waals surface area contributed by atoms with Crippen LogP contribution in [-0.2, 0) is 4.79 Å². The molecule has 0 bridgehead atoms. The minimum absolute atomic E-state index is 0.123. The second kappa shape index (κ2) is 7.88. The molecule has 0 aliphatic heterocycles. The first kappa shape index (κ1) is 19.0. The SMILES string of the molecule is CC1(N)CCCCC1C(=O)Nc1cccc(C(=O)Nc2cccc(F)c2)c1. The predicted molar refractivity (Wildman–Crippen MR) is 104 cm³/mol. The molecule has 142 valence electrons. The summed E-state index contributed by atoms with van der Waals surface area (Å²) in [5.41, 5.74) is 7.06. The maximum absolute atomic E-state index is 13.3. The number of anilines is 2. The summed E-state index contributed by atoms with van der Waals surface area (Å²) in [6, 6.07) is 12.3. The Bertz CT molecular complexity index is 851. The van der Waals surface area contributed by atoms with Gasteiger partial charge in [0.1, 0.15) is 5.82 Å². The van der Waals surface area contributed by atoms with Crippen molar-refractivity contribution in [3.63, 3.8) is 0 Å². The first-order valence-electron chi connectivity index (χ1n) is 9.12. The van der Waals surface area contributed by atoms with Crippen LogP contribution in [0.4, 0.5) is 15.8 Å². The number of carbonyl (C=O) groups is 2. The highest BCUT2D eigenvalue weighted by Crippen LogP contribution is 2.32. The normalized spacial score (nSPS) is 22.1. The van der Waals surface area contributed by atoms with Crippen LogP contribution in [0.3, 0.4) is 0 Å². The molecular formula is C21H24FN3O2. The zero-order valence-electron chi connectivity index (χ0n) is 15.3. The van der Waals surface area contributed by atoms with Gasteiger partial charge in [-0.15, -0.1) is 0 Å². The summed E-state index contributed by atoms with van der Waals surface area (Å²) in [5, 5.41) is 5.52. The van der Waals surface area contributed by atoms with Crippen molar-refractivity contribution in [1.29, 1.82) is 0 Å². The lowest BCUT2D eigenvalue weighted by molar-refractivity contribution is -0.122. The standard InChI is InChI=1S/C21H24FN3O2/c1-21(23)11-3-2-10-18(21)20(27)25-16-8-4-6-14(12-16)19(26)24-17-9-5-7-15(22)13-17/h4-9,12-13,18H,2-3,10-11,23H2,1H3,(H,24,26)(H,25,27). The van der Waals surface area contributed by atoms with Crippen LogP contribution in [0.25, 0.3) is 0 Å². The molecule has 1 saturated carbocycles. The smallest absolute Gasteiger partial charge is 0.255 e. The third kappa shape index (κ3) is 4.71. The summed E-state index contributed by atoms with van der Waals surface area (Å²) >= 11 is 0. The molecule has 0 aromatic heterocycles. The summed E-state index contributed by atoms with van der Waals surface area (Å²) < 4.78 is 13.3. The number of hydrogen-bond donors (Lipinski definition) is 3. The van der Waals surface area contributed by atoms with Gasteiger partial charge in [-0.2, -0.15) is 0 Å². The van der Waals surface area contributed by atoms with E-state index in [1.165, 1.54) is 18.2 Å². The van der Waals surface area contributed by atoms with Crippen LogP contribution in [0.15, 0.2) is 48.5 Å². The van der Waals surface area contributed by atoms with Crippen LogP contribution in [-0.4, -0.2) is 17.4 Å². The molecule has 2 aromatic carbocycles. The number of carbonyl (C=O) groups excluding carboxylic acids is 2. The van der Waals surface area contributed by atoms with Crippen molar-refractivity contribution >= 4 is 23.2 Å². The van der Waals surface area contributed by atoms with Crippen molar-refractivity contribution in [2.24, 2.45) is 11.7 Å². The van der Waals surface area contributed by atoms with Crippen molar-refractivity contribution in [2.45, 2.75) is 38.1 Å². The van der Waals surface area contributed by atoms with Crippen LogP contribution in [0.1, 0.15) is 43.0 Å². The Morgan fingerprint density at radius 1 is 1.07 bits per heavy atom. The van der Waals surface area contributed by atoms with Gasteiger partial charge in [0.05, 0.1) is 5.92 Å². The average molecular weight is 369 g/mol. The fourth-order valence-corrected chi connectivity index (χ4v) is 3.53. The van der Waals surface area contributed by atoms with Crippen LogP contribution in [0.2, 0.25) is 0 Å². The molecule has 2 aromatic rings. The molecule has 3 rings (SSSR count). The molecule has 2 amide bonds. The monoisotopic (exact) mass is 369 g/mol. The fraction of sp³-hybridized carbons (Fsp3) is 0.333. The van der Waals surface area contributed by atoms with E-state index in [1.54, 1.807) is 30.3 Å². The van der Waals surface area contributed by atoms with E-state index in [-0.39, 0.29) is 17.7 Å². The molecule has 27 heavy (non-hydrogen) atoms. The predicted octanol–water partition coefficient (Wildman–Crippen LogP) is 3.92. The largest absolute Gasteiger partial charge is 0.326 e. The lowest BCUT2D eigenvalue weighted by Gasteiger charge is -2.37. The van der Waals surface area contributed by atoms with Gasteiger partial charge in [-0.1, -0.05) is 25.0 Å². The molecule has 5 nitrogen and oxygen atoms in total. The maximum Gasteiger partial charge on any atom is 0.255 e. The Morgan fingerprint density at radius 2 is 1.78 bits per heavy atom. The van der Waals surface area contributed by atoms with E-state index in [4.69, 9.17) is 5.73 Å². The quantitative estimate of drug-likeness (QED) is 0.764. The summed E-state index contributed by atoms with van der Waals surface area (Å²) in [7, 11) is 0. The third-order valence-electron chi connectivity index (χ3n) is 5.05. The maximum atomic E-state index is 13.3. The summed E-state index contributed by atoms with van der Waals surface area (Å²) in [5.74, 6) is -1.18. The van der Waals surface area contributed by atoms with E-state index < -0.39 is 11.4 Å². The van der Waals surface area contributed by atoms with Gasteiger partial charge in [-0.25, -0.2) is 4.39 Å². The molecule has 4 N–H and O–H groups in total. The molecule has 6 heteroatoms. The number of halogens is 1. The van der Waals surface area contributed by atoms with Gasteiger partial charge in [-0.05, 0) is 56.2 Å². The minimum Gasteiger partial charge on any atom is -0.326 e. The first-order chi connectivity index (χ1) is 12.8. The zero-order valence-corrected chi connectivity index (χ0v) is 15.3. The number of amides is 2. The van der Waals surface area contributed by atoms with Gasteiger partial charge in [-0.3, -0.25) is 9.59 Å². The number of nitrogens with one attached hydrogen (secondary N) is 2. The highest BCUT2D eigenvalue weighted by Gasteiger charge is 2.37. The second-order valence-electron chi connectivity index (χ2n) is 7.34. The fourth-order valence-electron chi connectivity index (χ4n) is 3.53. The van der Waals surface area contributed by atoms with E-state index in [9.17, 15) is 14.0 Å². The van der Waals surface area contributed by atoms with Crippen LogP contribution in [0.5, 0.6) is 0 Å². The summed E-state index contributed by atoms with van der Waals surface area (Å²) in [6.45, 7) is 1.92. The lowest BCUT2D eigenvalue weighted by atomic mass is 9.74. The lowest BCUT2D eigenvalue weighted by Crippen LogP contribution is -2.51. The Labute approximate surface area is 158 Å². The first-order valence-corrected chi connectivity index (χ1v) is 9.12. The second-order valence-corrected chi connectivity index (χ2v) is 7.34. The van der Waals surface area contributed by atoms with E-state index in [2.05, 4.69) is 10.6 Å². The highest BCUT2D eigenvalue weighted by molar-refractivity contribution is 6.05. The van der Waals surface area contributed by atoms with Gasteiger partial charge >= 0.3 is 0 Å². The molecule has 1 aliphatic carbocycles. The summed E-state index contributed by atoms with van der Waals surface area (Å²) in [4.78, 5) is 25.1. The number of nitrogens with two attached hydrogens (primary N) is 1. The van der Waals surface area contributed by atoms with Crippen molar-refractivity contribution in [2.75, 3.05) is 10.6 Å². The van der Waals surface area contributed by atoms with Gasteiger partial charge in [0, 0.05) is 22.5 Å². The molecule has 1 fully saturated rings. The molecule has 2 unspecified atom stereocenters. The molecule has 0 spiro atoms. The van der Waals surface area contributed by atoms with E-state index in [1.807, 2.05) is 6.92 Å². The number of hydrogen-bond acceptors (Lipinski definition) is 3. The molecule has 0 radical (unpaired) electrons. The molecule has 1 aliphatic rings. The van der Waals surface area contributed by atoms with E-state index >= 15 is 0 Å². The van der Waals surface area contributed by atoms with Gasteiger partial charge < -0.3 is 16.4 Å². The zero-order chi connectivity index (χ0) is 19.4. The van der Waals surface area contributed by atoms with Gasteiger partial charge in [0.15, 0.2) is 0 Å². The average Bonchev–Trinajstić information content (AvgIpc) is 2.61. The van der Waals surface area contributed by atoms with Crippen LogP contribution < -0.4 is 16.4 Å². The number of rotatable bonds is 4. The van der Waals surface area contributed by atoms with Crippen LogP contribution in [0, 0.1) is 11.7 Å². The van der Waals surface area contributed by atoms with E-state index in [0.717, 1.165) is 25.7 Å².